The second-order valence-electron chi connectivity index (χ2n) is 20.4. The average Bonchev–Trinajstić information content (AvgIpc) is 3.70. The number of ether oxygens (including phenoxy) is 5. The van der Waals surface area contributed by atoms with E-state index in [4.69, 9.17) is 23.7 Å². The smallest absolute Gasteiger partial charge is 0.339 e. The van der Waals surface area contributed by atoms with Crippen molar-refractivity contribution in [3.63, 3.8) is 0 Å². The molecule has 0 unspecified atom stereocenters. The van der Waals surface area contributed by atoms with E-state index in [0.717, 1.165) is 96.6 Å². The molecule has 4 saturated carbocycles. The van der Waals surface area contributed by atoms with Crippen LogP contribution in [0.3, 0.4) is 0 Å². The molecule has 6 aliphatic rings. The molecule has 0 bridgehead atoms. The first-order valence-corrected chi connectivity index (χ1v) is 23.8. The molecule has 0 N–H and O–H groups in total. The van der Waals surface area contributed by atoms with Crippen molar-refractivity contribution in [1.82, 2.24) is 0 Å². The minimum atomic E-state index is -0.349. The van der Waals surface area contributed by atoms with E-state index in [0.29, 0.717) is 59.4 Å². The highest BCUT2D eigenvalue weighted by Gasteiger charge is 2.69. The Hall–Kier alpha value is -3.61. The van der Waals surface area contributed by atoms with Crippen molar-refractivity contribution in [2.75, 3.05) is 19.8 Å². The number of hydrogen-bond donors (Lipinski definition) is 0. The highest BCUT2D eigenvalue weighted by molar-refractivity contribution is 5.98. The second kappa shape index (κ2) is 16.9. The molecule has 0 radical (unpaired) electrons. The molecule has 1 spiro atoms. The van der Waals surface area contributed by atoms with Crippen molar-refractivity contribution in [2.24, 2.45) is 52.3 Å². The number of allylic oxidation sites excluding steroid dienone is 1. The maximum atomic E-state index is 14.4. The zero-order valence-corrected chi connectivity index (χ0v) is 37.3. The van der Waals surface area contributed by atoms with Crippen molar-refractivity contribution in [3.05, 3.63) is 95.1 Å². The van der Waals surface area contributed by atoms with Gasteiger partial charge in [-0.15, -0.1) is 0 Å². The standard InChI is InChI=1S/C54H70O6/c1-7-56-41-19-21-42(22-20-41)57-30-12-16-39(31-38-14-9-8-10-15-38)49-36(3)13-11-17-45(49)51(55)59-43-25-27-52(5)40(32-43)18-23-44-46(52)26-28-53(6)47(44)33-48-50(53)37(4)54(60-48)29-24-35(2)34-58-54/h8-11,13-15,17,19-22,31,35,37,40,43-44,46-48,50H,7,12,16,18,23-30,32-34H2,1-6H3/b39-31-/t35-,37+,40+,43+,44-,46+,47+,48+,50+,52+,53+,54-/m1/s1. The summed E-state index contributed by atoms with van der Waals surface area (Å²) in [4.78, 5) is 14.4. The van der Waals surface area contributed by atoms with Gasteiger partial charge in [-0.25, -0.2) is 4.79 Å². The van der Waals surface area contributed by atoms with Crippen LogP contribution in [0.5, 0.6) is 11.5 Å². The monoisotopic (exact) mass is 815 g/mol. The van der Waals surface area contributed by atoms with Crippen LogP contribution in [-0.2, 0) is 14.2 Å². The molecule has 3 aromatic carbocycles. The molecule has 4 aliphatic carbocycles. The Labute approximate surface area is 360 Å². The molecule has 322 valence electrons. The van der Waals surface area contributed by atoms with E-state index in [1.165, 1.54) is 38.5 Å². The van der Waals surface area contributed by atoms with Gasteiger partial charge in [0.2, 0.25) is 0 Å². The molecule has 2 saturated heterocycles. The van der Waals surface area contributed by atoms with Gasteiger partial charge in [0, 0.05) is 12.3 Å². The molecule has 0 amide bonds. The number of esters is 1. The molecule has 60 heavy (non-hydrogen) atoms. The summed E-state index contributed by atoms with van der Waals surface area (Å²) in [5.74, 6) is 5.67. The zero-order chi connectivity index (χ0) is 41.6. The summed E-state index contributed by atoms with van der Waals surface area (Å²) in [7, 11) is 0. The van der Waals surface area contributed by atoms with Gasteiger partial charge in [-0.3, -0.25) is 0 Å². The van der Waals surface area contributed by atoms with Gasteiger partial charge in [-0.05, 0) is 183 Å². The van der Waals surface area contributed by atoms with E-state index in [-0.39, 0.29) is 17.9 Å². The first-order valence-electron chi connectivity index (χ1n) is 23.8. The Morgan fingerprint density at radius 2 is 1.58 bits per heavy atom. The predicted molar refractivity (Wildman–Crippen MR) is 239 cm³/mol. The molecular weight excluding hydrogens is 745 g/mol. The topological polar surface area (TPSA) is 63.2 Å². The Balaban J connectivity index is 0.864. The third-order valence-electron chi connectivity index (χ3n) is 17.1. The summed E-state index contributed by atoms with van der Waals surface area (Å²) >= 11 is 0. The van der Waals surface area contributed by atoms with Crippen LogP contribution in [0.2, 0.25) is 0 Å². The summed E-state index contributed by atoms with van der Waals surface area (Å²) in [6, 6.07) is 24.3. The molecule has 12 atom stereocenters. The van der Waals surface area contributed by atoms with Crippen LogP contribution >= 0.6 is 0 Å². The van der Waals surface area contributed by atoms with Crippen LogP contribution in [0.15, 0.2) is 72.8 Å². The van der Waals surface area contributed by atoms with Crippen LogP contribution < -0.4 is 9.47 Å². The lowest BCUT2D eigenvalue weighted by Crippen LogP contribution is -2.55. The lowest BCUT2D eigenvalue weighted by Gasteiger charge is -2.61. The molecule has 6 heteroatoms. The molecule has 6 nitrogen and oxygen atoms in total. The summed E-state index contributed by atoms with van der Waals surface area (Å²) in [6.45, 7) is 16.2. The van der Waals surface area contributed by atoms with Gasteiger partial charge in [-0.1, -0.05) is 76.2 Å². The number of aryl methyl sites for hydroxylation is 1. The number of carbonyl (C=O) groups is 1. The van der Waals surface area contributed by atoms with Gasteiger partial charge in [-0.2, -0.15) is 0 Å². The Kier molecular flexibility index (Phi) is 11.8. The molecule has 9 rings (SSSR count). The molecule has 3 aromatic rings. The number of rotatable bonds is 11. The Bertz CT molecular complexity index is 2000. The Morgan fingerprint density at radius 3 is 2.33 bits per heavy atom. The Morgan fingerprint density at radius 1 is 0.817 bits per heavy atom. The zero-order valence-electron chi connectivity index (χ0n) is 37.3. The average molecular weight is 815 g/mol. The quantitative estimate of drug-likeness (QED) is 0.109. The summed E-state index contributed by atoms with van der Waals surface area (Å²) in [5.41, 5.74) is 5.64. The molecule has 6 fully saturated rings. The van der Waals surface area contributed by atoms with E-state index in [2.05, 4.69) is 71.0 Å². The fourth-order valence-corrected chi connectivity index (χ4v) is 14.1. The summed E-state index contributed by atoms with van der Waals surface area (Å²) in [5, 5.41) is 0. The number of hydrogen-bond acceptors (Lipinski definition) is 6. The molecular formula is C54H70O6. The SMILES string of the molecule is CCOc1ccc(OCCC/C(=C/c2ccccc2)c2c(C)cccc2C(=O)O[C@H]2CC[C@@]3(C)[C@@H](CC[C@@H]4[C@@H]3CC[C@]3(C)[C@@H]5[C@H](C[C@@H]43)O[C@]3(CC[C@@H](C)CO3)[C@H]5C)C2)cc1. The fraction of sp³-hybridized carbons (Fsp3) is 0.611. The first-order chi connectivity index (χ1) is 29.0. The van der Waals surface area contributed by atoms with Crippen LogP contribution in [-0.4, -0.2) is 43.8 Å². The largest absolute Gasteiger partial charge is 0.494 e. The van der Waals surface area contributed by atoms with Crippen LogP contribution in [0, 0.1) is 59.2 Å². The lowest BCUT2D eigenvalue weighted by molar-refractivity contribution is -0.273. The predicted octanol–water partition coefficient (Wildman–Crippen LogP) is 12.8. The molecule has 2 aliphatic heterocycles. The third kappa shape index (κ3) is 7.65. The third-order valence-corrected chi connectivity index (χ3v) is 17.1. The lowest BCUT2D eigenvalue weighted by atomic mass is 9.44. The van der Waals surface area contributed by atoms with Gasteiger partial charge < -0.3 is 23.7 Å². The van der Waals surface area contributed by atoms with Crippen molar-refractivity contribution in [3.8, 4) is 11.5 Å². The summed E-state index contributed by atoms with van der Waals surface area (Å²) < 4.78 is 32.0. The minimum Gasteiger partial charge on any atom is -0.494 e. The minimum absolute atomic E-state index is 0.0482. The van der Waals surface area contributed by atoms with E-state index >= 15 is 0 Å². The normalized spacial score (nSPS) is 37.1. The number of benzene rings is 3. The van der Waals surface area contributed by atoms with Gasteiger partial charge in [0.05, 0.1) is 31.5 Å². The van der Waals surface area contributed by atoms with E-state index in [9.17, 15) is 4.79 Å². The number of carbonyl (C=O) groups excluding carboxylic acids is 1. The van der Waals surface area contributed by atoms with Crippen LogP contribution in [0.25, 0.3) is 11.6 Å². The fourth-order valence-electron chi connectivity index (χ4n) is 14.1. The van der Waals surface area contributed by atoms with Crippen LogP contribution in [0.1, 0.15) is 139 Å². The molecule has 2 heterocycles. The van der Waals surface area contributed by atoms with Gasteiger partial charge in [0.25, 0.3) is 0 Å². The van der Waals surface area contributed by atoms with Gasteiger partial charge in [0.15, 0.2) is 5.79 Å². The molecule has 0 aromatic heterocycles. The second-order valence-corrected chi connectivity index (χ2v) is 20.4. The van der Waals surface area contributed by atoms with E-state index in [1.54, 1.807) is 0 Å². The van der Waals surface area contributed by atoms with Gasteiger partial charge >= 0.3 is 5.97 Å². The van der Waals surface area contributed by atoms with E-state index in [1.807, 2.05) is 49.4 Å². The van der Waals surface area contributed by atoms with Crippen molar-refractivity contribution >= 4 is 17.6 Å². The number of fused-ring (bicyclic) bond motifs is 7. The summed E-state index contributed by atoms with van der Waals surface area (Å²) in [6.07, 6.45) is 15.8. The van der Waals surface area contributed by atoms with Crippen molar-refractivity contribution < 1.29 is 28.5 Å². The van der Waals surface area contributed by atoms with Crippen LogP contribution in [0.4, 0.5) is 0 Å². The highest BCUT2D eigenvalue weighted by Crippen LogP contribution is 2.71. The maximum absolute atomic E-state index is 14.4. The maximum Gasteiger partial charge on any atom is 0.339 e. The van der Waals surface area contributed by atoms with E-state index < -0.39 is 0 Å². The van der Waals surface area contributed by atoms with Crippen molar-refractivity contribution in [1.29, 1.82) is 0 Å². The van der Waals surface area contributed by atoms with Gasteiger partial charge in [0.1, 0.15) is 17.6 Å². The first kappa shape index (κ1) is 41.7. The van der Waals surface area contributed by atoms with Crippen molar-refractivity contribution in [2.45, 2.75) is 137 Å². The highest BCUT2D eigenvalue weighted by atomic mass is 16.7.